The molecule has 0 atom stereocenters. The molecule has 0 unspecified atom stereocenters. The Morgan fingerprint density at radius 1 is 1.29 bits per heavy atom. The molecule has 94 valence electrons. The summed E-state index contributed by atoms with van der Waals surface area (Å²) >= 11 is 0. The monoisotopic (exact) mass is 237 g/mol. The summed E-state index contributed by atoms with van der Waals surface area (Å²) in [6.07, 6.45) is 2.68. The molecule has 0 aliphatic heterocycles. The number of rotatable bonds is 7. The maximum atomic E-state index is 11.4. The molecule has 0 saturated carbocycles. The van der Waals surface area contributed by atoms with Crippen LogP contribution in [0, 0.1) is 0 Å². The molecule has 0 aliphatic rings. The van der Waals surface area contributed by atoms with Crippen LogP contribution in [-0.4, -0.2) is 24.3 Å². The van der Waals surface area contributed by atoms with Gasteiger partial charge in [0.25, 0.3) is 0 Å². The highest BCUT2D eigenvalue weighted by Gasteiger charge is 2.04. The summed E-state index contributed by atoms with van der Waals surface area (Å²) in [5.74, 6) is -0.236. The van der Waals surface area contributed by atoms with Crippen LogP contribution in [0.3, 0.4) is 0 Å². The van der Waals surface area contributed by atoms with Gasteiger partial charge in [0.05, 0.1) is 13.0 Å². The fourth-order valence-corrected chi connectivity index (χ4v) is 1.50. The number of nitrogen functional groups attached to an aromatic ring is 1. The molecule has 0 saturated heterocycles. The Bertz CT molecular complexity index is 352. The number of aliphatic hydroxyl groups is 1. The van der Waals surface area contributed by atoms with Crippen LogP contribution in [0.25, 0.3) is 0 Å². The first-order valence-electron chi connectivity index (χ1n) is 5.83. The van der Waals surface area contributed by atoms with Crippen molar-refractivity contribution in [1.82, 2.24) is 0 Å². The van der Waals surface area contributed by atoms with Crippen molar-refractivity contribution in [1.29, 1.82) is 0 Å². The minimum Gasteiger partial charge on any atom is -0.465 e. The van der Waals surface area contributed by atoms with Crippen molar-refractivity contribution in [3.05, 3.63) is 29.8 Å². The smallest absolute Gasteiger partial charge is 0.310 e. The average molecular weight is 237 g/mol. The maximum Gasteiger partial charge on any atom is 0.310 e. The number of hydrogen-bond donors (Lipinski definition) is 2. The Kier molecular flexibility index (Phi) is 6.10. The summed E-state index contributed by atoms with van der Waals surface area (Å²) in [6.45, 7) is 0.610. The summed E-state index contributed by atoms with van der Waals surface area (Å²) in [6, 6.07) is 7.22. The molecule has 0 aromatic heterocycles. The van der Waals surface area contributed by atoms with Crippen LogP contribution in [0.1, 0.15) is 24.8 Å². The molecule has 0 amide bonds. The predicted octanol–water partition coefficient (Wildman–Crippen LogP) is 1.52. The van der Waals surface area contributed by atoms with Gasteiger partial charge in [-0.15, -0.1) is 0 Å². The van der Waals surface area contributed by atoms with Crippen LogP contribution < -0.4 is 5.73 Å². The zero-order valence-corrected chi connectivity index (χ0v) is 9.89. The normalized spacial score (nSPS) is 10.2. The SMILES string of the molecule is Nc1cccc(CC(=O)OCCCCCO)c1. The minimum atomic E-state index is -0.236. The fraction of sp³-hybridized carbons (Fsp3) is 0.462. The van der Waals surface area contributed by atoms with Crippen LogP contribution in [0.4, 0.5) is 5.69 Å². The summed E-state index contributed by atoms with van der Waals surface area (Å²) in [5.41, 5.74) is 7.13. The van der Waals surface area contributed by atoms with Gasteiger partial charge >= 0.3 is 5.97 Å². The number of aliphatic hydroxyl groups excluding tert-OH is 1. The molecular weight excluding hydrogens is 218 g/mol. The van der Waals surface area contributed by atoms with Crippen LogP contribution in [-0.2, 0) is 16.0 Å². The van der Waals surface area contributed by atoms with E-state index in [0.717, 1.165) is 24.8 Å². The van der Waals surface area contributed by atoms with E-state index in [1.165, 1.54) is 0 Å². The van der Waals surface area contributed by atoms with Crippen molar-refractivity contribution in [2.45, 2.75) is 25.7 Å². The maximum absolute atomic E-state index is 11.4. The fourth-order valence-electron chi connectivity index (χ4n) is 1.50. The third-order valence-electron chi connectivity index (χ3n) is 2.37. The van der Waals surface area contributed by atoms with Gasteiger partial charge in [-0.3, -0.25) is 4.79 Å². The molecule has 0 spiro atoms. The van der Waals surface area contributed by atoms with Gasteiger partial charge in [-0.05, 0) is 37.0 Å². The Balaban J connectivity index is 2.21. The number of benzene rings is 1. The summed E-state index contributed by atoms with van der Waals surface area (Å²) in [7, 11) is 0. The second kappa shape index (κ2) is 7.68. The Morgan fingerprint density at radius 2 is 2.12 bits per heavy atom. The van der Waals surface area contributed by atoms with E-state index in [1.54, 1.807) is 12.1 Å². The number of unbranched alkanes of at least 4 members (excludes halogenated alkanes) is 2. The van der Waals surface area contributed by atoms with Crippen molar-refractivity contribution in [2.75, 3.05) is 18.9 Å². The van der Waals surface area contributed by atoms with Gasteiger partial charge < -0.3 is 15.6 Å². The number of carbonyl (C=O) groups excluding carboxylic acids is 1. The molecule has 4 nitrogen and oxygen atoms in total. The van der Waals surface area contributed by atoms with Crippen molar-refractivity contribution in [2.24, 2.45) is 0 Å². The lowest BCUT2D eigenvalue weighted by atomic mass is 10.1. The van der Waals surface area contributed by atoms with E-state index < -0.39 is 0 Å². The molecule has 0 fully saturated rings. The van der Waals surface area contributed by atoms with Crippen molar-refractivity contribution in [3.63, 3.8) is 0 Å². The first-order valence-corrected chi connectivity index (χ1v) is 5.83. The average Bonchev–Trinajstić information content (AvgIpc) is 2.29. The second-order valence-electron chi connectivity index (χ2n) is 3.93. The number of esters is 1. The molecule has 0 aliphatic carbocycles. The number of anilines is 1. The van der Waals surface area contributed by atoms with Gasteiger partial charge in [0.1, 0.15) is 0 Å². The molecule has 1 aromatic carbocycles. The predicted molar refractivity (Wildman–Crippen MR) is 66.5 cm³/mol. The standard InChI is InChI=1S/C13H19NO3/c14-12-6-4-5-11(9-12)10-13(16)17-8-3-1-2-7-15/h4-6,9,15H,1-3,7-8,10,14H2. The van der Waals surface area contributed by atoms with Crippen molar-refractivity contribution in [3.8, 4) is 0 Å². The minimum absolute atomic E-state index is 0.192. The lowest BCUT2D eigenvalue weighted by Gasteiger charge is -2.05. The van der Waals surface area contributed by atoms with E-state index in [0.29, 0.717) is 12.3 Å². The molecule has 4 heteroatoms. The Morgan fingerprint density at radius 3 is 2.82 bits per heavy atom. The van der Waals surface area contributed by atoms with Gasteiger partial charge in [-0.1, -0.05) is 12.1 Å². The Hall–Kier alpha value is -1.55. The van der Waals surface area contributed by atoms with Crippen LogP contribution >= 0.6 is 0 Å². The van der Waals surface area contributed by atoms with Gasteiger partial charge in [-0.25, -0.2) is 0 Å². The van der Waals surface area contributed by atoms with Gasteiger partial charge in [0.2, 0.25) is 0 Å². The van der Waals surface area contributed by atoms with E-state index in [1.807, 2.05) is 12.1 Å². The van der Waals surface area contributed by atoms with E-state index >= 15 is 0 Å². The summed E-state index contributed by atoms with van der Waals surface area (Å²) in [4.78, 5) is 11.4. The summed E-state index contributed by atoms with van der Waals surface area (Å²) in [5, 5.41) is 8.58. The van der Waals surface area contributed by atoms with E-state index in [4.69, 9.17) is 15.6 Å². The van der Waals surface area contributed by atoms with E-state index in [-0.39, 0.29) is 19.0 Å². The molecule has 1 rings (SSSR count). The van der Waals surface area contributed by atoms with Gasteiger partial charge in [0.15, 0.2) is 0 Å². The highest BCUT2D eigenvalue weighted by molar-refractivity contribution is 5.72. The topological polar surface area (TPSA) is 72.6 Å². The first kappa shape index (κ1) is 13.5. The number of carbonyl (C=O) groups is 1. The molecule has 0 radical (unpaired) electrons. The molecule has 0 bridgehead atoms. The zero-order chi connectivity index (χ0) is 12.5. The number of nitrogens with two attached hydrogens (primary N) is 1. The lowest BCUT2D eigenvalue weighted by molar-refractivity contribution is -0.142. The molecule has 0 heterocycles. The first-order chi connectivity index (χ1) is 8.22. The molecule has 3 N–H and O–H groups in total. The summed E-state index contributed by atoms with van der Waals surface area (Å²) < 4.78 is 5.07. The van der Waals surface area contributed by atoms with E-state index in [9.17, 15) is 4.79 Å². The highest BCUT2D eigenvalue weighted by atomic mass is 16.5. The third kappa shape index (κ3) is 5.92. The van der Waals surface area contributed by atoms with Gasteiger partial charge in [-0.2, -0.15) is 0 Å². The molecule has 17 heavy (non-hydrogen) atoms. The number of hydrogen-bond acceptors (Lipinski definition) is 4. The van der Waals surface area contributed by atoms with Crippen LogP contribution in [0.15, 0.2) is 24.3 Å². The molecular formula is C13H19NO3. The largest absolute Gasteiger partial charge is 0.465 e. The molecule has 1 aromatic rings. The second-order valence-corrected chi connectivity index (χ2v) is 3.93. The number of ether oxygens (including phenoxy) is 1. The lowest BCUT2D eigenvalue weighted by Crippen LogP contribution is -2.09. The van der Waals surface area contributed by atoms with Crippen molar-refractivity contribution < 1.29 is 14.6 Å². The highest BCUT2D eigenvalue weighted by Crippen LogP contribution is 2.08. The van der Waals surface area contributed by atoms with Crippen molar-refractivity contribution >= 4 is 11.7 Å². The zero-order valence-electron chi connectivity index (χ0n) is 9.89. The van der Waals surface area contributed by atoms with Crippen LogP contribution in [0.2, 0.25) is 0 Å². The third-order valence-corrected chi connectivity index (χ3v) is 2.37. The quantitative estimate of drug-likeness (QED) is 0.428. The van der Waals surface area contributed by atoms with Gasteiger partial charge in [0, 0.05) is 12.3 Å². The van der Waals surface area contributed by atoms with Crippen LogP contribution in [0.5, 0.6) is 0 Å². The van der Waals surface area contributed by atoms with E-state index in [2.05, 4.69) is 0 Å². The Labute approximate surface area is 101 Å².